The zero-order chi connectivity index (χ0) is 17.0. The Balaban J connectivity index is 1.61. The van der Waals surface area contributed by atoms with Crippen LogP contribution in [0.2, 0.25) is 0 Å². The topological polar surface area (TPSA) is 71.3 Å². The number of anilines is 1. The number of aromatic nitrogens is 2. The number of thiophene rings is 1. The van der Waals surface area contributed by atoms with Crippen LogP contribution in [0.25, 0.3) is 0 Å². The Kier molecular flexibility index (Phi) is 5.18. The molecule has 1 saturated carbocycles. The lowest BCUT2D eigenvalue weighted by Gasteiger charge is -2.35. The number of carbonyl (C=O) groups excluding carboxylic acids is 1. The molecule has 0 bridgehead atoms. The van der Waals surface area contributed by atoms with Crippen molar-refractivity contribution >= 4 is 23.2 Å². The van der Waals surface area contributed by atoms with Crippen LogP contribution in [-0.2, 0) is 16.6 Å². The number of hydrogen-bond donors (Lipinski definition) is 1. The maximum atomic E-state index is 12.9. The maximum absolute atomic E-state index is 12.9. The molecule has 0 unspecified atom stereocenters. The second-order valence-corrected chi connectivity index (χ2v) is 7.46. The summed E-state index contributed by atoms with van der Waals surface area (Å²) in [4.78, 5) is 20.2. The van der Waals surface area contributed by atoms with Gasteiger partial charge in [-0.25, -0.2) is 0 Å². The summed E-state index contributed by atoms with van der Waals surface area (Å²) in [5.41, 5.74) is -0.351. The first-order valence-corrected chi connectivity index (χ1v) is 9.32. The van der Waals surface area contributed by atoms with Crippen molar-refractivity contribution in [2.75, 3.05) is 25.5 Å². The molecule has 1 aliphatic carbocycles. The first kappa shape index (κ1) is 17.0. The van der Waals surface area contributed by atoms with Gasteiger partial charge in [-0.05, 0) is 29.4 Å². The maximum Gasteiger partial charge on any atom is 0.265 e. The van der Waals surface area contributed by atoms with E-state index in [1.165, 1.54) is 11.3 Å². The molecule has 0 aromatic carbocycles. The lowest BCUT2D eigenvalue weighted by molar-refractivity contribution is -0.127. The van der Waals surface area contributed by atoms with Crippen molar-refractivity contribution in [1.82, 2.24) is 15.5 Å². The SMILES string of the molecule is CN(C)c1noc(CCNC(=O)C2(c3cccs3)CCCCC2)n1. The van der Waals surface area contributed by atoms with Crippen LogP contribution in [0.1, 0.15) is 42.9 Å². The van der Waals surface area contributed by atoms with Crippen molar-refractivity contribution in [3.05, 3.63) is 28.3 Å². The summed E-state index contributed by atoms with van der Waals surface area (Å²) in [5, 5.41) is 9.04. The van der Waals surface area contributed by atoms with Crippen molar-refractivity contribution in [3.8, 4) is 0 Å². The number of nitrogens with one attached hydrogen (secondary N) is 1. The Morgan fingerprint density at radius 3 is 2.79 bits per heavy atom. The fourth-order valence-corrected chi connectivity index (χ4v) is 4.26. The fourth-order valence-electron chi connectivity index (χ4n) is 3.27. The van der Waals surface area contributed by atoms with E-state index in [0.717, 1.165) is 25.7 Å². The predicted octanol–water partition coefficient (Wildman–Crippen LogP) is 2.76. The van der Waals surface area contributed by atoms with Gasteiger partial charge in [0.1, 0.15) is 0 Å². The van der Waals surface area contributed by atoms with Crippen molar-refractivity contribution in [1.29, 1.82) is 0 Å². The molecule has 1 amide bonds. The number of carbonyl (C=O) groups is 1. The standard InChI is InChI=1S/C17H24N4O2S/c1-21(2)16-19-14(23-20-16)8-11-18-15(22)17(9-4-3-5-10-17)13-7-6-12-24-13/h6-7,12H,3-5,8-11H2,1-2H3,(H,18,22). The molecule has 2 aromatic rings. The van der Waals surface area contributed by atoms with Crippen LogP contribution >= 0.6 is 11.3 Å². The van der Waals surface area contributed by atoms with Crippen LogP contribution in [-0.4, -0.2) is 36.7 Å². The molecule has 0 spiro atoms. The molecular formula is C17H24N4O2S. The van der Waals surface area contributed by atoms with E-state index in [1.54, 1.807) is 16.2 Å². The molecule has 0 aliphatic heterocycles. The Morgan fingerprint density at radius 2 is 2.17 bits per heavy atom. The van der Waals surface area contributed by atoms with Gasteiger partial charge in [0.2, 0.25) is 11.8 Å². The summed E-state index contributed by atoms with van der Waals surface area (Å²) in [6.07, 6.45) is 5.86. The third-order valence-corrected chi connectivity index (χ3v) is 5.69. The number of rotatable bonds is 6. The minimum absolute atomic E-state index is 0.136. The van der Waals surface area contributed by atoms with E-state index in [0.29, 0.717) is 24.8 Å². The average molecular weight is 348 g/mol. The minimum atomic E-state index is -0.351. The first-order chi connectivity index (χ1) is 11.6. The Bertz CT molecular complexity index is 660. The van der Waals surface area contributed by atoms with Crippen molar-refractivity contribution < 1.29 is 9.32 Å². The van der Waals surface area contributed by atoms with E-state index in [2.05, 4.69) is 26.9 Å². The van der Waals surface area contributed by atoms with Gasteiger partial charge >= 0.3 is 0 Å². The molecule has 3 rings (SSSR count). The number of hydrogen-bond acceptors (Lipinski definition) is 6. The van der Waals surface area contributed by atoms with E-state index >= 15 is 0 Å². The highest BCUT2D eigenvalue weighted by Crippen LogP contribution is 2.41. The van der Waals surface area contributed by atoms with Crippen LogP contribution < -0.4 is 10.2 Å². The predicted molar refractivity (Wildman–Crippen MR) is 94.4 cm³/mol. The van der Waals surface area contributed by atoms with Crippen LogP contribution in [0, 0.1) is 0 Å². The summed E-state index contributed by atoms with van der Waals surface area (Å²) < 4.78 is 5.20. The summed E-state index contributed by atoms with van der Waals surface area (Å²) >= 11 is 1.69. The number of nitrogens with zero attached hydrogens (tertiary/aromatic N) is 3. The summed E-state index contributed by atoms with van der Waals surface area (Å²) in [6, 6.07) is 4.13. The normalized spacial score (nSPS) is 16.8. The van der Waals surface area contributed by atoms with Crippen LogP contribution in [0.3, 0.4) is 0 Å². The molecule has 2 aromatic heterocycles. The molecule has 2 heterocycles. The smallest absolute Gasteiger partial charge is 0.265 e. The molecule has 6 nitrogen and oxygen atoms in total. The lowest BCUT2D eigenvalue weighted by atomic mass is 9.72. The Morgan fingerprint density at radius 1 is 1.38 bits per heavy atom. The monoisotopic (exact) mass is 348 g/mol. The highest BCUT2D eigenvalue weighted by molar-refractivity contribution is 7.10. The fraction of sp³-hybridized carbons (Fsp3) is 0.588. The average Bonchev–Trinajstić information content (AvgIpc) is 3.27. The Hall–Kier alpha value is -1.89. The van der Waals surface area contributed by atoms with E-state index in [4.69, 9.17) is 4.52 Å². The van der Waals surface area contributed by atoms with Gasteiger partial charge in [-0.3, -0.25) is 4.79 Å². The van der Waals surface area contributed by atoms with Gasteiger partial charge in [0, 0.05) is 31.9 Å². The molecule has 0 radical (unpaired) electrons. The van der Waals surface area contributed by atoms with Gasteiger partial charge in [-0.2, -0.15) is 4.98 Å². The van der Waals surface area contributed by atoms with E-state index in [9.17, 15) is 4.79 Å². The highest BCUT2D eigenvalue weighted by Gasteiger charge is 2.41. The van der Waals surface area contributed by atoms with Crippen LogP contribution in [0.4, 0.5) is 5.95 Å². The second-order valence-electron chi connectivity index (χ2n) is 6.51. The second kappa shape index (κ2) is 7.34. The van der Waals surface area contributed by atoms with E-state index < -0.39 is 0 Å². The summed E-state index contributed by atoms with van der Waals surface area (Å²) in [7, 11) is 3.73. The molecule has 24 heavy (non-hydrogen) atoms. The van der Waals surface area contributed by atoms with E-state index in [1.807, 2.05) is 20.2 Å². The number of amides is 1. The molecule has 1 aliphatic rings. The van der Waals surface area contributed by atoms with Gasteiger partial charge in [-0.15, -0.1) is 11.3 Å². The highest BCUT2D eigenvalue weighted by atomic mass is 32.1. The zero-order valence-electron chi connectivity index (χ0n) is 14.2. The van der Waals surface area contributed by atoms with Gasteiger partial charge < -0.3 is 14.7 Å². The van der Waals surface area contributed by atoms with Crippen LogP contribution in [0.5, 0.6) is 0 Å². The lowest BCUT2D eigenvalue weighted by Crippen LogP contribution is -2.45. The van der Waals surface area contributed by atoms with Gasteiger partial charge in [0.25, 0.3) is 5.95 Å². The minimum Gasteiger partial charge on any atom is -0.355 e. The summed E-state index contributed by atoms with van der Waals surface area (Å²) in [5.74, 6) is 1.24. The van der Waals surface area contributed by atoms with Gasteiger partial charge in [-0.1, -0.05) is 25.3 Å². The van der Waals surface area contributed by atoms with Crippen molar-refractivity contribution in [2.24, 2.45) is 0 Å². The third-order valence-electron chi connectivity index (χ3n) is 4.62. The van der Waals surface area contributed by atoms with Gasteiger partial charge in [0.15, 0.2) is 0 Å². The van der Waals surface area contributed by atoms with Crippen molar-refractivity contribution in [2.45, 2.75) is 43.9 Å². The molecule has 1 fully saturated rings. The molecular weight excluding hydrogens is 324 g/mol. The molecule has 1 N–H and O–H groups in total. The van der Waals surface area contributed by atoms with Crippen LogP contribution in [0.15, 0.2) is 22.0 Å². The summed E-state index contributed by atoms with van der Waals surface area (Å²) in [6.45, 7) is 0.515. The van der Waals surface area contributed by atoms with Gasteiger partial charge in [0.05, 0.1) is 5.41 Å². The molecule has 0 saturated heterocycles. The zero-order valence-corrected chi connectivity index (χ0v) is 15.1. The van der Waals surface area contributed by atoms with E-state index in [-0.39, 0.29) is 11.3 Å². The quantitative estimate of drug-likeness (QED) is 0.869. The Labute approximate surface area is 146 Å². The largest absolute Gasteiger partial charge is 0.355 e. The molecule has 0 atom stereocenters. The first-order valence-electron chi connectivity index (χ1n) is 8.44. The third kappa shape index (κ3) is 3.45. The molecule has 130 valence electrons. The molecule has 7 heteroatoms. The van der Waals surface area contributed by atoms with Crippen molar-refractivity contribution in [3.63, 3.8) is 0 Å².